The van der Waals surface area contributed by atoms with Crippen molar-refractivity contribution in [3.05, 3.63) is 29.3 Å². The zero-order valence-electron chi connectivity index (χ0n) is 19.0. The third-order valence-electron chi connectivity index (χ3n) is 7.80. The van der Waals surface area contributed by atoms with Gasteiger partial charge in [-0.25, -0.2) is 0 Å². The van der Waals surface area contributed by atoms with Crippen molar-refractivity contribution < 1.29 is 14.4 Å². The summed E-state index contributed by atoms with van der Waals surface area (Å²) in [5.74, 6) is 0.491. The molecule has 2 N–H and O–H groups in total. The number of piperazine rings is 1. The quantitative estimate of drug-likeness (QED) is 0.679. The van der Waals surface area contributed by atoms with Gasteiger partial charge in [0.05, 0.1) is 11.1 Å². The fourth-order valence-electron chi connectivity index (χ4n) is 5.78. The second-order valence-electron chi connectivity index (χ2n) is 9.76. The van der Waals surface area contributed by atoms with E-state index in [1.165, 1.54) is 11.9 Å². The molecule has 4 aliphatic heterocycles. The van der Waals surface area contributed by atoms with Crippen LogP contribution >= 0.6 is 0 Å². The van der Waals surface area contributed by atoms with Crippen LogP contribution in [0.5, 0.6) is 0 Å². The van der Waals surface area contributed by atoms with Crippen LogP contribution in [0.4, 0.5) is 5.69 Å². The molecule has 4 aliphatic rings. The maximum absolute atomic E-state index is 12.3. The van der Waals surface area contributed by atoms with Crippen molar-refractivity contribution in [1.29, 1.82) is 0 Å². The molecule has 0 aliphatic carbocycles. The molecule has 5 rings (SSSR count). The van der Waals surface area contributed by atoms with Gasteiger partial charge < -0.3 is 15.5 Å². The Morgan fingerprint density at radius 3 is 2.47 bits per heavy atom. The lowest BCUT2D eigenvalue weighted by Gasteiger charge is -2.44. The molecule has 1 aromatic rings. The molecule has 4 atom stereocenters. The monoisotopic (exact) mass is 439 g/mol. The average molecular weight is 440 g/mol. The van der Waals surface area contributed by atoms with E-state index >= 15 is 0 Å². The standard InChI is InChI=1S/C24H33N5O3/c1-3-16-11-20-21(26-22(16)30)10-15(13-25-20)14-28-6-8-29(9-7-28)17-4-5-18-19(12-17)24(32)27(2)23(18)31/h4-5,12,15-16,20-21,25H,3,6-11,13-14H2,1-2H3,(H,26,30). The van der Waals surface area contributed by atoms with Gasteiger partial charge in [0, 0.05) is 63.5 Å². The molecule has 1 aromatic carbocycles. The second-order valence-corrected chi connectivity index (χ2v) is 9.76. The highest BCUT2D eigenvalue weighted by Gasteiger charge is 2.39. The molecule has 8 nitrogen and oxygen atoms in total. The summed E-state index contributed by atoms with van der Waals surface area (Å²) in [5, 5.41) is 6.96. The van der Waals surface area contributed by atoms with Crippen LogP contribution in [0.1, 0.15) is 46.9 Å². The zero-order chi connectivity index (χ0) is 22.4. The molecule has 172 valence electrons. The molecule has 0 radical (unpaired) electrons. The highest BCUT2D eigenvalue weighted by atomic mass is 16.2. The lowest BCUT2D eigenvalue weighted by Crippen LogP contribution is -2.62. The number of carbonyl (C=O) groups excluding carboxylic acids is 3. The number of nitrogens with one attached hydrogen (secondary N) is 2. The number of anilines is 1. The normalized spacial score (nSPS) is 30.9. The van der Waals surface area contributed by atoms with E-state index in [-0.39, 0.29) is 29.7 Å². The van der Waals surface area contributed by atoms with Crippen LogP contribution in [0.15, 0.2) is 18.2 Å². The van der Waals surface area contributed by atoms with Gasteiger partial charge in [-0.2, -0.15) is 0 Å². The highest BCUT2D eigenvalue weighted by molar-refractivity contribution is 6.21. The number of carbonyl (C=O) groups is 3. The van der Waals surface area contributed by atoms with E-state index in [0.717, 1.165) is 64.2 Å². The van der Waals surface area contributed by atoms with Crippen LogP contribution in [0.2, 0.25) is 0 Å². The molecule has 8 heteroatoms. The van der Waals surface area contributed by atoms with Crippen LogP contribution < -0.4 is 15.5 Å². The Morgan fingerprint density at radius 2 is 1.72 bits per heavy atom. The Kier molecular flexibility index (Phi) is 5.67. The van der Waals surface area contributed by atoms with Crippen LogP contribution in [-0.4, -0.2) is 85.9 Å². The number of hydrogen-bond donors (Lipinski definition) is 2. The molecule has 3 saturated heterocycles. The number of nitrogens with zero attached hydrogens (tertiary/aromatic N) is 3. The van der Waals surface area contributed by atoms with Gasteiger partial charge in [0.2, 0.25) is 5.91 Å². The number of hydrogen-bond acceptors (Lipinski definition) is 6. The van der Waals surface area contributed by atoms with Gasteiger partial charge in [-0.3, -0.25) is 24.2 Å². The first-order chi connectivity index (χ1) is 15.4. The van der Waals surface area contributed by atoms with Crippen molar-refractivity contribution in [1.82, 2.24) is 20.4 Å². The molecule has 4 heterocycles. The SMILES string of the molecule is CCC1CC2NCC(CN3CCN(c4ccc5c(c4)C(=O)N(C)C5=O)CC3)CC2NC1=O. The van der Waals surface area contributed by atoms with Crippen molar-refractivity contribution in [2.75, 3.05) is 51.2 Å². The second kappa shape index (κ2) is 8.48. The molecule has 3 fully saturated rings. The third-order valence-corrected chi connectivity index (χ3v) is 7.80. The summed E-state index contributed by atoms with van der Waals surface area (Å²) in [6, 6.07) is 6.29. The lowest BCUT2D eigenvalue weighted by molar-refractivity contribution is -0.129. The molecule has 0 bridgehead atoms. The van der Waals surface area contributed by atoms with E-state index in [2.05, 4.69) is 27.4 Å². The van der Waals surface area contributed by atoms with Gasteiger partial charge in [0.25, 0.3) is 11.8 Å². The predicted octanol–water partition coefficient (Wildman–Crippen LogP) is 0.927. The van der Waals surface area contributed by atoms with E-state index < -0.39 is 0 Å². The van der Waals surface area contributed by atoms with E-state index in [0.29, 0.717) is 23.1 Å². The number of amides is 3. The van der Waals surface area contributed by atoms with Crippen LogP contribution in [0.3, 0.4) is 0 Å². The topological polar surface area (TPSA) is 85.0 Å². The Morgan fingerprint density at radius 1 is 0.969 bits per heavy atom. The maximum Gasteiger partial charge on any atom is 0.261 e. The summed E-state index contributed by atoms with van der Waals surface area (Å²) in [5.41, 5.74) is 2.03. The fourth-order valence-corrected chi connectivity index (χ4v) is 5.78. The molecule has 0 aromatic heterocycles. The van der Waals surface area contributed by atoms with Crippen molar-refractivity contribution in [3.63, 3.8) is 0 Å². The van der Waals surface area contributed by atoms with E-state index in [1.807, 2.05) is 12.1 Å². The third kappa shape index (κ3) is 3.79. The molecule has 0 spiro atoms. The van der Waals surface area contributed by atoms with Gasteiger partial charge in [0.1, 0.15) is 0 Å². The van der Waals surface area contributed by atoms with Gasteiger partial charge in [-0.1, -0.05) is 6.92 Å². The molecule has 4 unspecified atom stereocenters. The van der Waals surface area contributed by atoms with E-state index in [1.54, 1.807) is 6.07 Å². The minimum atomic E-state index is -0.218. The van der Waals surface area contributed by atoms with Crippen LogP contribution in [0, 0.1) is 11.8 Å². The summed E-state index contributed by atoms with van der Waals surface area (Å²) >= 11 is 0. The summed E-state index contributed by atoms with van der Waals surface area (Å²) in [6.07, 6.45) is 2.92. The molecule has 3 amide bonds. The first-order valence-electron chi connectivity index (χ1n) is 11.9. The van der Waals surface area contributed by atoms with Crippen molar-refractivity contribution >= 4 is 23.4 Å². The summed E-state index contributed by atoms with van der Waals surface area (Å²) in [6.45, 7) is 7.89. The van der Waals surface area contributed by atoms with Crippen LogP contribution in [0.25, 0.3) is 0 Å². The van der Waals surface area contributed by atoms with Crippen molar-refractivity contribution in [3.8, 4) is 0 Å². The maximum atomic E-state index is 12.3. The number of imide groups is 1. The number of fused-ring (bicyclic) bond motifs is 2. The van der Waals surface area contributed by atoms with Gasteiger partial charge >= 0.3 is 0 Å². The minimum absolute atomic E-state index is 0.154. The summed E-state index contributed by atoms with van der Waals surface area (Å²) in [7, 11) is 1.53. The van der Waals surface area contributed by atoms with Crippen LogP contribution in [-0.2, 0) is 4.79 Å². The average Bonchev–Trinajstić information content (AvgIpc) is 3.02. The molecular formula is C24H33N5O3. The Labute approximate surface area is 189 Å². The largest absolute Gasteiger partial charge is 0.369 e. The lowest BCUT2D eigenvalue weighted by atomic mass is 9.80. The molecule has 0 saturated carbocycles. The minimum Gasteiger partial charge on any atom is -0.369 e. The Hall–Kier alpha value is -2.45. The van der Waals surface area contributed by atoms with Gasteiger partial charge in [-0.15, -0.1) is 0 Å². The van der Waals surface area contributed by atoms with Crippen molar-refractivity contribution in [2.45, 2.75) is 38.3 Å². The van der Waals surface area contributed by atoms with Gasteiger partial charge in [-0.05, 0) is 49.9 Å². The Balaban J connectivity index is 1.14. The zero-order valence-corrected chi connectivity index (χ0v) is 19.0. The highest BCUT2D eigenvalue weighted by Crippen LogP contribution is 2.29. The number of piperidine rings is 2. The number of benzene rings is 1. The van der Waals surface area contributed by atoms with Gasteiger partial charge in [0.15, 0.2) is 0 Å². The first kappa shape index (κ1) is 21.4. The Bertz CT molecular complexity index is 926. The molecule has 32 heavy (non-hydrogen) atoms. The smallest absolute Gasteiger partial charge is 0.261 e. The molecular weight excluding hydrogens is 406 g/mol. The van der Waals surface area contributed by atoms with E-state index in [9.17, 15) is 14.4 Å². The number of rotatable bonds is 4. The van der Waals surface area contributed by atoms with E-state index in [4.69, 9.17) is 0 Å². The fraction of sp³-hybridized carbons (Fsp3) is 0.625. The summed E-state index contributed by atoms with van der Waals surface area (Å²) < 4.78 is 0. The predicted molar refractivity (Wildman–Crippen MR) is 122 cm³/mol. The first-order valence-corrected chi connectivity index (χ1v) is 11.9. The summed E-state index contributed by atoms with van der Waals surface area (Å²) in [4.78, 5) is 42.7. The van der Waals surface area contributed by atoms with Crippen molar-refractivity contribution in [2.24, 2.45) is 11.8 Å².